The molecule has 0 saturated heterocycles. The van der Waals surface area contributed by atoms with Crippen LogP contribution in [0.4, 0.5) is 13.2 Å². The van der Waals surface area contributed by atoms with E-state index in [0.717, 1.165) is 5.56 Å². The summed E-state index contributed by atoms with van der Waals surface area (Å²) in [5, 5.41) is 20.9. The first-order valence-electron chi connectivity index (χ1n) is 9.11. The molecule has 3 N–H and O–H groups in total. The Balaban J connectivity index is 0.00000450. The molecule has 0 aliphatic rings. The van der Waals surface area contributed by atoms with Gasteiger partial charge >= 0.3 is 6.18 Å². The van der Waals surface area contributed by atoms with Crippen molar-refractivity contribution in [2.45, 2.75) is 32.2 Å². The van der Waals surface area contributed by atoms with Crippen molar-refractivity contribution >= 4 is 29.9 Å². The molecule has 1 aromatic carbocycles. The summed E-state index contributed by atoms with van der Waals surface area (Å²) in [6.45, 7) is 3.43. The molecule has 0 aliphatic carbocycles. The van der Waals surface area contributed by atoms with Crippen molar-refractivity contribution in [3.63, 3.8) is 0 Å². The molecule has 0 fully saturated rings. The maximum atomic E-state index is 12.2. The van der Waals surface area contributed by atoms with E-state index in [0.29, 0.717) is 24.6 Å². The first-order chi connectivity index (χ1) is 13.6. The lowest BCUT2D eigenvalue weighted by Gasteiger charge is -2.23. The van der Waals surface area contributed by atoms with E-state index in [9.17, 15) is 18.3 Å². The molecule has 2 rings (SSSR count). The van der Waals surface area contributed by atoms with Gasteiger partial charge in [-0.2, -0.15) is 18.3 Å². The third-order valence-corrected chi connectivity index (χ3v) is 4.02. The molecule has 1 atom stereocenters. The van der Waals surface area contributed by atoms with E-state index in [1.165, 1.54) is 12.1 Å². The van der Waals surface area contributed by atoms with Crippen molar-refractivity contribution in [1.29, 1.82) is 0 Å². The molecule has 168 valence electrons. The number of hydrogen-bond donors (Lipinski definition) is 3. The zero-order valence-corrected chi connectivity index (χ0v) is 19.4. The normalized spacial score (nSPS) is 13.9. The first kappa shape index (κ1) is 26.0. The van der Waals surface area contributed by atoms with E-state index in [1.807, 2.05) is 6.92 Å². The molecule has 1 aromatic heterocycles. The number of hydrogen-bond acceptors (Lipinski definition) is 4. The topological polar surface area (TPSA) is 83.7 Å². The van der Waals surface area contributed by atoms with Crippen LogP contribution >= 0.6 is 24.0 Å². The van der Waals surface area contributed by atoms with E-state index in [4.69, 9.17) is 0 Å². The van der Waals surface area contributed by atoms with Gasteiger partial charge in [0.15, 0.2) is 12.6 Å². The molecule has 0 radical (unpaired) electrons. The minimum Gasteiger partial charge on any atom is -0.484 e. The number of halogens is 4. The molecule has 7 nitrogen and oxygen atoms in total. The van der Waals surface area contributed by atoms with Gasteiger partial charge in [-0.1, -0.05) is 12.1 Å². The Morgan fingerprint density at radius 2 is 1.90 bits per heavy atom. The summed E-state index contributed by atoms with van der Waals surface area (Å²) in [5.41, 5.74) is 0.348. The van der Waals surface area contributed by atoms with Gasteiger partial charge in [0.2, 0.25) is 0 Å². The smallest absolute Gasteiger partial charge is 0.422 e. The Hall–Kier alpha value is -2.02. The summed E-state index contributed by atoms with van der Waals surface area (Å²) >= 11 is 0. The molecular weight excluding hydrogens is 514 g/mol. The maximum Gasteiger partial charge on any atom is 0.422 e. The number of aliphatic hydroxyl groups is 1. The predicted molar refractivity (Wildman–Crippen MR) is 119 cm³/mol. The van der Waals surface area contributed by atoms with Gasteiger partial charge < -0.3 is 20.5 Å². The quantitative estimate of drug-likeness (QED) is 0.272. The van der Waals surface area contributed by atoms with E-state index >= 15 is 0 Å². The number of ether oxygens (including phenoxy) is 1. The third kappa shape index (κ3) is 8.78. The van der Waals surface area contributed by atoms with Crippen LogP contribution in [0.2, 0.25) is 0 Å². The van der Waals surface area contributed by atoms with Crippen molar-refractivity contribution in [3.05, 3.63) is 47.8 Å². The van der Waals surface area contributed by atoms with Crippen molar-refractivity contribution in [3.8, 4) is 5.75 Å². The Morgan fingerprint density at radius 3 is 2.43 bits per heavy atom. The number of benzene rings is 1. The van der Waals surface area contributed by atoms with Crippen LogP contribution in [0.15, 0.2) is 41.7 Å². The molecule has 0 saturated carbocycles. The zero-order chi connectivity index (χ0) is 21.5. The van der Waals surface area contributed by atoms with Crippen molar-refractivity contribution in [2.24, 2.45) is 12.0 Å². The number of nitrogens with zero attached hydrogens (tertiary/aromatic N) is 3. The summed E-state index contributed by atoms with van der Waals surface area (Å²) in [7, 11) is 1.78. The maximum absolute atomic E-state index is 12.2. The van der Waals surface area contributed by atoms with Crippen LogP contribution in [0.5, 0.6) is 5.75 Å². The highest BCUT2D eigenvalue weighted by atomic mass is 127. The minimum absolute atomic E-state index is 0. The molecule has 0 spiro atoms. The van der Waals surface area contributed by atoms with Crippen molar-refractivity contribution < 1.29 is 23.0 Å². The van der Waals surface area contributed by atoms with Crippen molar-refractivity contribution in [2.75, 3.05) is 19.7 Å². The summed E-state index contributed by atoms with van der Waals surface area (Å²) in [5.74, 6) is 0.654. The average molecular weight is 541 g/mol. The molecule has 1 heterocycles. The van der Waals surface area contributed by atoms with Gasteiger partial charge in [-0.15, -0.1) is 24.0 Å². The fourth-order valence-electron chi connectivity index (χ4n) is 2.43. The molecule has 2 aromatic rings. The van der Waals surface area contributed by atoms with Gasteiger partial charge in [0.25, 0.3) is 0 Å². The van der Waals surface area contributed by atoms with Crippen LogP contribution < -0.4 is 15.4 Å². The summed E-state index contributed by atoms with van der Waals surface area (Å²) in [6.07, 6.45) is -1.02. The molecular formula is C19H27F3IN5O2. The lowest BCUT2D eigenvalue weighted by molar-refractivity contribution is -0.153. The minimum atomic E-state index is -4.37. The van der Waals surface area contributed by atoms with Crippen LogP contribution in [-0.2, 0) is 19.2 Å². The zero-order valence-electron chi connectivity index (χ0n) is 17.0. The second-order valence-electron chi connectivity index (χ2n) is 6.77. The lowest BCUT2D eigenvalue weighted by Crippen LogP contribution is -2.44. The van der Waals surface area contributed by atoms with Crippen LogP contribution in [0.3, 0.4) is 0 Å². The fourth-order valence-corrected chi connectivity index (χ4v) is 2.43. The van der Waals surface area contributed by atoms with Crippen molar-refractivity contribution in [1.82, 2.24) is 20.4 Å². The lowest BCUT2D eigenvalue weighted by atomic mass is 10.00. The molecule has 0 bridgehead atoms. The van der Waals surface area contributed by atoms with E-state index in [2.05, 4.69) is 25.5 Å². The van der Waals surface area contributed by atoms with Gasteiger partial charge in [0.05, 0.1) is 19.3 Å². The van der Waals surface area contributed by atoms with E-state index < -0.39 is 18.4 Å². The summed E-state index contributed by atoms with van der Waals surface area (Å²) in [6, 6.07) is 6.27. The van der Waals surface area contributed by atoms with Gasteiger partial charge in [-0.3, -0.25) is 4.68 Å². The Morgan fingerprint density at radius 1 is 1.23 bits per heavy atom. The Labute approximate surface area is 190 Å². The second-order valence-corrected chi connectivity index (χ2v) is 6.77. The van der Waals surface area contributed by atoms with Gasteiger partial charge in [-0.25, -0.2) is 4.99 Å². The Kier molecular flexibility index (Phi) is 9.88. The second kappa shape index (κ2) is 11.4. The SMILES string of the molecule is CCNC(=NCc1ccc(OCC(F)(F)F)cc1)NCC(C)(O)c1cnn(C)c1.I. The number of alkyl halides is 3. The molecule has 1 unspecified atom stereocenters. The highest BCUT2D eigenvalue weighted by molar-refractivity contribution is 14.0. The number of guanidine groups is 1. The summed E-state index contributed by atoms with van der Waals surface area (Å²) in [4.78, 5) is 4.44. The highest BCUT2D eigenvalue weighted by Crippen LogP contribution is 2.20. The third-order valence-electron chi connectivity index (χ3n) is 4.02. The average Bonchev–Trinajstić information content (AvgIpc) is 3.10. The fraction of sp³-hybridized carbons (Fsp3) is 0.474. The van der Waals surface area contributed by atoms with E-state index in [-0.39, 0.29) is 36.3 Å². The predicted octanol–water partition coefficient (Wildman–Crippen LogP) is 2.94. The van der Waals surface area contributed by atoms with Crippen LogP contribution in [-0.4, -0.2) is 46.7 Å². The molecule has 30 heavy (non-hydrogen) atoms. The number of aryl methyl sites for hydroxylation is 1. The first-order valence-corrected chi connectivity index (χ1v) is 9.11. The molecule has 11 heteroatoms. The number of rotatable bonds is 8. The largest absolute Gasteiger partial charge is 0.484 e. The van der Waals surface area contributed by atoms with Crippen LogP contribution in [0, 0.1) is 0 Å². The van der Waals surface area contributed by atoms with Gasteiger partial charge in [0, 0.05) is 25.4 Å². The van der Waals surface area contributed by atoms with Gasteiger partial charge in [0.1, 0.15) is 11.4 Å². The standard InChI is InChI=1S/C19H26F3N5O2.HI/c1-4-23-17(25-12-18(2,28)15-10-26-27(3)11-15)24-9-14-5-7-16(8-6-14)29-13-19(20,21)22;/h5-8,10-11,28H,4,9,12-13H2,1-3H3,(H2,23,24,25);1H. The molecule has 0 aliphatic heterocycles. The van der Waals surface area contributed by atoms with Gasteiger partial charge in [-0.05, 0) is 31.5 Å². The van der Waals surface area contributed by atoms with E-state index in [1.54, 1.807) is 43.2 Å². The Bertz CT molecular complexity index is 807. The molecule has 0 amide bonds. The monoisotopic (exact) mass is 541 g/mol. The number of nitrogens with one attached hydrogen (secondary N) is 2. The highest BCUT2D eigenvalue weighted by Gasteiger charge is 2.28. The number of aromatic nitrogens is 2. The van der Waals surface area contributed by atoms with Crippen LogP contribution in [0.25, 0.3) is 0 Å². The van der Waals surface area contributed by atoms with Crippen LogP contribution in [0.1, 0.15) is 25.0 Å². The number of aliphatic imine (C=N–C) groups is 1. The summed E-state index contributed by atoms with van der Waals surface area (Å²) < 4.78 is 42.9.